The van der Waals surface area contributed by atoms with Crippen molar-refractivity contribution in [3.8, 4) is 11.3 Å². The molecule has 0 aromatic carbocycles. The Balaban J connectivity index is 1.36. The molecule has 0 N–H and O–H groups in total. The molecule has 5 rings (SSSR count). The first-order valence-corrected chi connectivity index (χ1v) is 11.7. The van der Waals surface area contributed by atoms with Gasteiger partial charge in [0.2, 0.25) is 0 Å². The van der Waals surface area contributed by atoms with Crippen LogP contribution in [0.15, 0.2) is 18.5 Å². The molecule has 0 bridgehead atoms. The van der Waals surface area contributed by atoms with E-state index in [9.17, 15) is 13.2 Å². The number of fused-ring (bicyclic) bond motifs is 1. The summed E-state index contributed by atoms with van der Waals surface area (Å²) in [4.78, 5) is 13.8. The molecule has 3 heterocycles. The third kappa shape index (κ3) is 3.85. The van der Waals surface area contributed by atoms with E-state index in [4.69, 9.17) is 4.98 Å². The van der Waals surface area contributed by atoms with Crippen molar-refractivity contribution < 1.29 is 13.2 Å². The van der Waals surface area contributed by atoms with Crippen LogP contribution in [0.2, 0.25) is 0 Å². The minimum absolute atomic E-state index is 0.00330. The molecule has 0 amide bonds. The van der Waals surface area contributed by atoms with Gasteiger partial charge in [-0.3, -0.25) is 9.88 Å². The molecule has 0 spiro atoms. The highest BCUT2D eigenvalue weighted by molar-refractivity contribution is 5.59. The first-order chi connectivity index (χ1) is 15.1. The molecule has 174 valence electrons. The van der Waals surface area contributed by atoms with Crippen LogP contribution in [-0.4, -0.2) is 63.6 Å². The van der Waals surface area contributed by atoms with Gasteiger partial charge in [0, 0.05) is 67.8 Å². The van der Waals surface area contributed by atoms with Gasteiger partial charge in [-0.25, -0.2) is 4.98 Å². The van der Waals surface area contributed by atoms with Crippen molar-refractivity contribution >= 4 is 0 Å². The van der Waals surface area contributed by atoms with Gasteiger partial charge in [-0.1, -0.05) is 13.8 Å². The van der Waals surface area contributed by atoms with Gasteiger partial charge in [0.05, 0.1) is 11.3 Å². The normalized spacial score (nSPS) is 29.0. The lowest BCUT2D eigenvalue weighted by Gasteiger charge is -2.37. The van der Waals surface area contributed by atoms with Crippen molar-refractivity contribution in [3.63, 3.8) is 0 Å². The molecule has 0 radical (unpaired) electrons. The predicted molar refractivity (Wildman–Crippen MR) is 117 cm³/mol. The topological polar surface area (TPSA) is 37.2 Å². The third-order valence-electron chi connectivity index (χ3n) is 7.72. The van der Waals surface area contributed by atoms with Gasteiger partial charge < -0.3 is 9.47 Å². The van der Waals surface area contributed by atoms with Crippen molar-refractivity contribution in [1.82, 2.24) is 24.3 Å². The lowest BCUT2D eigenvalue weighted by Crippen LogP contribution is -2.48. The van der Waals surface area contributed by atoms with E-state index in [-0.39, 0.29) is 11.6 Å². The molecule has 4 atom stereocenters. The van der Waals surface area contributed by atoms with Gasteiger partial charge in [0.1, 0.15) is 5.82 Å². The number of piperazine rings is 1. The number of imidazole rings is 1. The maximum atomic E-state index is 13.4. The molecule has 2 unspecified atom stereocenters. The molecule has 1 aliphatic heterocycles. The first kappa shape index (κ1) is 21.9. The average molecular weight is 448 g/mol. The minimum atomic E-state index is -4.41. The maximum absolute atomic E-state index is 13.4. The van der Waals surface area contributed by atoms with Crippen LogP contribution in [0.1, 0.15) is 55.7 Å². The van der Waals surface area contributed by atoms with Crippen LogP contribution in [0, 0.1) is 18.8 Å². The summed E-state index contributed by atoms with van der Waals surface area (Å²) in [7, 11) is 2.19. The third-order valence-corrected chi connectivity index (χ3v) is 7.72. The molecular weight excluding hydrogens is 415 g/mol. The average Bonchev–Trinajstić information content (AvgIpc) is 3.08. The maximum Gasteiger partial charge on any atom is 0.418 e. The number of nitrogens with zero attached hydrogens (tertiary/aromatic N) is 5. The first-order valence-electron chi connectivity index (χ1n) is 11.7. The van der Waals surface area contributed by atoms with Crippen LogP contribution in [0.5, 0.6) is 0 Å². The lowest BCUT2D eigenvalue weighted by atomic mass is 10.1. The fourth-order valence-corrected chi connectivity index (χ4v) is 5.85. The van der Waals surface area contributed by atoms with E-state index in [1.807, 2.05) is 6.20 Å². The monoisotopic (exact) mass is 447 g/mol. The highest BCUT2D eigenvalue weighted by Gasteiger charge is 2.58. The van der Waals surface area contributed by atoms with E-state index in [1.54, 1.807) is 0 Å². The zero-order valence-corrected chi connectivity index (χ0v) is 19.2. The molecule has 5 nitrogen and oxygen atoms in total. The van der Waals surface area contributed by atoms with Crippen LogP contribution in [0.3, 0.4) is 0 Å². The molecule has 2 saturated carbocycles. The van der Waals surface area contributed by atoms with Crippen LogP contribution >= 0.6 is 0 Å². The van der Waals surface area contributed by atoms with E-state index in [2.05, 4.69) is 40.2 Å². The van der Waals surface area contributed by atoms with Crippen molar-refractivity contribution in [3.05, 3.63) is 35.5 Å². The van der Waals surface area contributed by atoms with E-state index < -0.39 is 11.7 Å². The highest BCUT2D eigenvalue weighted by Crippen LogP contribution is 2.62. The summed E-state index contributed by atoms with van der Waals surface area (Å²) >= 11 is 0. The number of hydrogen-bond donors (Lipinski definition) is 0. The van der Waals surface area contributed by atoms with Gasteiger partial charge >= 0.3 is 6.18 Å². The molecule has 3 fully saturated rings. The largest absolute Gasteiger partial charge is 0.418 e. The van der Waals surface area contributed by atoms with Crippen molar-refractivity contribution in [2.24, 2.45) is 11.8 Å². The van der Waals surface area contributed by atoms with Crippen molar-refractivity contribution in [2.75, 3.05) is 33.2 Å². The molecule has 2 aromatic heterocycles. The summed E-state index contributed by atoms with van der Waals surface area (Å²) in [6.45, 7) is 10.2. The highest BCUT2D eigenvalue weighted by atomic mass is 19.4. The fourth-order valence-electron chi connectivity index (χ4n) is 5.85. The molecule has 2 aliphatic carbocycles. The fraction of sp³-hybridized carbons (Fsp3) is 0.667. The van der Waals surface area contributed by atoms with E-state index >= 15 is 0 Å². The molecule has 1 saturated heterocycles. The number of likely N-dealkylation sites (N-methyl/N-ethyl adjacent to an activating group) is 1. The summed E-state index contributed by atoms with van der Waals surface area (Å²) in [6, 6.07) is 2.30. The van der Waals surface area contributed by atoms with Crippen molar-refractivity contribution in [1.29, 1.82) is 0 Å². The smallest absolute Gasteiger partial charge is 0.330 e. The number of pyridine rings is 1. The number of alkyl halides is 3. The molecule has 2 aromatic rings. The molecule has 32 heavy (non-hydrogen) atoms. The van der Waals surface area contributed by atoms with Gasteiger partial charge in [0.25, 0.3) is 0 Å². The summed E-state index contributed by atoms with van der Waals surface area (Å²) in [5.41, 5.74) is 0.336. The van der Waals surface area contributed by atoms with Gasteiger partial charge in [-0.05, 0) is 44.7 Å². The zero-order chi connectivity index (χ0) is 22.8. The van der Waals surface area contributed by atoms with Crippen LogP contribution in [0.4, 0.5) is 13.2 Å². The quantitative estimate of drug-likeness (QED) is 0.687. The molecule has 3 aliphatic rings. The minimum Gasteiger partial charge on any atom is -0.330 e. The number of aryl methyl sites for hydroxylation is 1. The van der Waals surface area contributed by atoms with E-state index in [0.29, 0.717) is 35.2 Å². The van der Waals surface area contributed by atoms with E-state index in [0.717, 1.165) is 32.0 Å². The number of hydrogen-bond acceptors (Lipinski definition) is 4. The number of rotatable bonds is 4. The predicted octanol–water partition coefficient (Wildman–Crippen LogP) is 4.59. The Morgan fingerprint density at radius 1 is 1.06 bits per heavy atom. The van der Waals surface area contributed by atoms with Gasteiger partial charge in [-0.15, -0.1) is 0 Å². The second-order valence-electron chi connectivity index (χ2n) is 10.2. The van der Waals surface area contributed by atoms with Crippen LogP contribution < -0.4 is 0 Å². The zero-order valence-electron chi connectivity index (χ0n) is 19.2. The Hall–Kier alpha value is -1.93. The standard InChI is InChI=1S/C24H32F3N5/c1-14(2)23-29-21(16-9-20(24(25,26)27)15(3)28-12-16)13-32(23)22-18-10-17(11-19(18)22)31-7-5-30(4)6-8-31/h9,12-14,17-19,22H,5-8,10-11H2,1-4H3/t17?,18-,19+,22?. The molecule has 8 heteroatoms. The Morgan fingerprint density at radius 2 is 1.72 bits per heavy atom. The number of halogens is 3. The van der Waals surface area contributed by atoms with Crippen molar-refractivity contribution in [2.45, 2.75) is 57.8 Å². The van der Waals surface area contributed by atoms with Gasteiger partial charge in [-0.2, -0.15) is 13.2 Å². The second kappa shape index (κ2) is 7.83. The summed E-state index contributed by atoms with van der Waals surface area (Å²) in [6.07, 6.45) is 1.50. The Labute approximate surface area is 187 Å². The Kier molecular flexibility index (Phi) is 5.36. The number of aromatic nitrogens is 3. The van der Waals surface area contributed by atoms with Crippen LogP contribution in [-0.2, 0) is 6.18 Å². The lowest BCUT2D eigenvalue weighted by molar-refractivity contribution is -0.138. The SMILES string of the molecule is Cc1ncc(-c2cn(C3[C@H]4CC(N5CCN(C)CC5)C[C@@H]34)c(C(C)C)n2)cc1C(F)(F)F. The van der Waals surface area contributed by atoms with Crippen LogP contribution in [0.25, 0.3) is 11.3 Å². The second-order valence-corrected chi connectivity index (χ2v) is 10.2. The van der Waals surface area contributed by atoms with E-state index in [1.165, 1.54) is 32.0 Å². The summed E-state index contributed by atoms with van der Waals surface area (Å²) in [5, 5.41) is 0. The summed E-state index contributed by atoms with van der Waals surface area (Å²) < 4.78 is 42.4. The Bertz CT molecular complexity index is 978. The summed E-state index contributed by atoms with van der Waals surface area (Å²) in [5.74, 6) is 2.48. The molecular formula is C24H32F3N5. The Morgan fingerprint density at radius 3 is 2.31 bits per heavy atom. The van der Waals surface area contributed by atoms with Gasteiger partial charge in [0.15, 0.2) is 0 Å².